The fraction of sp³-hybridized carbons (Fsp3) is 0.381. The van der Waals surface area contributed by atoms with Crippen molar-refractivity contribution in [2.24, 2.45) is 17.6 Å². The first-order valence-electron chi connectivity index (χ1n) is 18.8. The van der Waals surface area contributed by atoms with E-state index < -0.39 is 0 Å². The number of ether oxygens (including phenoxy) is 1. The van der Waals surface area contributed by atoms with Gasteiger partial charge in [-0.3, -0.25) is 15.2 Å². The molecule has 9 rings (SSSR count). The number of aromatic nitrogens is 3. The van der Waals surface area contributed by atoms with E-state index in [1.807, 2.05) is 6.08 Å². The van der Waals surface area contributed by atoms with Crippen LogP contribution in [0.25, 0.3) is 33.4 Å². The fourth-order valence-electron chi connectivity index (χ4n) is 8.53. The minimum absolute atomic E-state index is 0.114. The molecule has 51 heavy (non-hydrogen) atoms. The molecule has 0 radical (unpaired) electrons. The van der Waals surface area contributed by atoms with Crippen LogP contribution in [-0.2, 0) is 11.2 Å². The van der Waals surface area contributed by atoms with E-state index in [9.17, 15) is 4.79 Å². The standard InChI is InChI=1S/C42H47N7O2/c43-30-9-10-32(28-6-3-7-31(19-28)51-17-14-25-4-1-2-5-25)33-24-39(45-36(33)23-30)41-34-20-27(8-11-35(34)48-49-41)29-21-37(42-38(22-29)47-42)46-40(50)18-26-12-15-44-16-13-26/h3,6-11,19-22,24-26,38,42,44-45,47H,1-2,4-5,12-18,23,43H2,(H,46,50)(H,48,49)/t38-,42?/m1/s1. The number of nitrogens with zero attached hydrogens (tertiary/aromatic N) is 1. The van der Waals surface area contributed by atoms with E-state index >= 15 is 0 Å². The number of nitrogens with two attached hydrogens (primary N) is 1. The van der Waals surface area contributed by atoms with Gasteiger partial charge in [0.2, 0.25) is 5.91 Å². The van der Waals surface area contributed by atoms with Crippen molar-refractivity contribution in [1.82, 2.24) is 31.1 Å². The van der Waals surface area contributed by atoms with Crippen molar-refractivity contribution >= 4 is 28.0 Å². The molecule has 4 aromatic rings. The number of hydrogen-bond acceptors (Lipinski definition) is 6. The van der Waals surface area contributed by atoms with Crippen molar-refractivity contribution in [3.63, 3.8) is 0 Å². The topological polar surface area (TPSA) is 143 Å². The van der Waals surface area contributed by atoms with E-state index in [0.717, 1.165) is 118 Å². The molecule has 1 unspecified atom stereocenters. The van der Waals surface area contributed by atoms with E-state index in [4.69, 9.17) is 15.6 Å². The highest BCUT2D eigenvalue weighted by Crippen LogP contribution is 2.38. The van der Waals surface area contributed by atoms with Gasteiger partial charge in [0.25, 0.3) is 0 Å². The van der Waals surface area contributed by atoms with E-state index in [1.54, 1.807) is 0 Å². The number of benzene rings is 2. The lowest BCUT2D eigenvalue weighted by Gasteiger charge is -2.22. The van der Waals surface area contributed by atoms with Gasteiger partial charge in [0.15, 0.2) is 0 Å². The molecule has 2 aromatic carbocycles. The van der Waals surface area contributed by atoms with Crippen LogP contribution in [0.3, 0.4) is 0 Å². The summed E-state index contributed by atoms with van der Waals surface area (Å²) >= 11 is 0. The van der Waals surface area contributed by atoms with Crippen LogP contribution in [0.2, 0.25) is 0 Å². The summed E-state index contributed by atoms with van der Waals surface area (Å²) in [5.74, 6) is 2.27. The van der Waals surface area contributed by atoms with Gasteiger partial charge in [0.05, 0.1) is 23.9 Å². The van der Waals surface area contributed by atoms with Gasteiger partial charge in [-0.2, -0.15) is 5.10 Å². The highest BCUT2D eigenvalue weighted by molar-refractivity contribution is 5.97. The molecule has 2 saturated heterocycles. The van der Waals surface area contributed by atoms with Gasteiger partial charge in [-0.25, -0.2) is 0 Å². The third-order valence-corrected chi connectivity index (χ3v) is 11.4. The molecule has 2 aromatic heterocycles. The lowest BCUT2D eigenvalue weighted by atomic mass is 9.93. The summed E-state index contributed by atoms with van der Waals surface area (Å²) in [6.07, 6.45) is 18.4. The molecule has 2 aliphatic heterocycles. The van der Waals surface area contributed by atoms with Crippen LogP contribution in [0.5, 0.6) is 5.75 Å². The molecule has 9 heteroatoms. The number of carbonyl (C=O) groups excluding carboxylic acids is 1. The van der Waals surface area contributed by atoms with Gasteiger partial charge in [0.1, 0.15) is 11.4 Å². The number of rotatable bonds is 10. The minimum Gasteiger partial charge on any atom is -0.494 e. The molecule has 9 nitrogen and oxygen atoms in total. The van der Waals surface area contributed by atoms with Gasteiger partial charge in [-0.05, 0) is 109 Å². The number of amides is 1. The van der Waals surface area contributed by atoms with Crippen LogP contribution >= 0.6 is 0 Å². The number of H-pyrrole nitrogens is 2. The number of piperidine rings is 1. The number of allylic oxidation sites excluding steroid dienone is 5. The number of hydrogen-bond donors (Lipinski definition) is 6. The Morgan fingerprint density at radius 2 is 1.86 bits per heavy atom. The number of carbonyl (C=O) groups is 1. The van der Waals surface area contributed by atoms with Crippen molar-refractivity contribution in [1.29, 1.82) is 0 Å². The lowest BCUT2D eigenvalue weighted by Crippen LogP contribution is -2.33. The highest BCUT2D eigenvalue weighted by Gasteiger charge is 2.41. The zero-order chi connectivity index (χ0) is 34.3. The Balaban J connectivity index is 0.969. The summed E-state index contributed by atoms with van der Waals surface area (Å²) in [5.41, 5.74) is 17.6. The normalized spacial score (nSPS) is 22.0. The number of aromatic amines is 2. The Bertz CT molecular complexity index is 2090. The Labute approximate surface area is 298 Å². The molecule has 0 spiro atoms. The van der Waals surface area contributed by atoms with E-state index in [0.29, 0.717) is 18.8 Å². The second kappa shape index (κ2) is 13.7. The van der Waals surface area contributed by atoms with Gasteiger partial charge >= 0.3 is 0 Å². The Hall–Kier alpha value is -4.86. The second-order valence-electron chi connectivity index (χ2n) is 15.1. The van der Waals surface area contributed by atoms with E-state index in [-0.39, 0.29) is 18.0 Å². The highest BCUT2D eigenvalue weighted by atomic mass is 16.5. The third-order valence-electron chi connectivity index (χ3n) is 11.4. The Morgan fingerprint density at radius 3 is 2.75 bits per heavy atom. The van der Waals surface area contributed by atoms with Gasteiger partial charge < -0.3 is 26.1 Å². The SMILES string of the molecule is NC1=CC=C(c2cccc(OCCC3CCCC3)c2)c2cc(-c3n[nH]c4ccc(C5=C[C@H]6NC6C(NC(=O)CC6CCNCC6)=C5)cc34)[nH]c2C1. The van der Waals surface area contributed by atoms with Crippen LogP contribution < -0.4 is 26.4 Å². The zero-order valence-electron chi connectivity index (χ0n) is 29.1. The molecule has 2 atom stereocenters. The third kappa shape index (κ3) is 6.80. The van der Waals surface area contributed by atoms with Crippen molar-refractivity contribution in [3.8, 4) is 17.1 Å². The molecule has 7 N–H and O–H groups in total. The predicted octanol–water partition coefficient (Wildman–Crippen LogP) is 6.47. The summed E-state index contributed by atoms with van der Waals surface area (Å²) in [7, 11) is 0. The first-order valence-corrected chi connectivity index (χ1v) is 18.8. The minimum atomic E-state index is 0.114. The maximum absolute atomic E-state index is 13.0. The first kappa shape index (κ1) is 32.1. The van der Waals surface area contributed by atoms with Crippen LogP contribution in [-0.4, -0.2) is 52.9 Å². The molecular formula is C42H47N7O2. The molecule has 1 saturated carbocycles. The monoisotopic (exact) mass is 681 g/mol. The maximum atomic E-state index is 13.0. The maximum Gasteiger partial charge on any atom is 0.224 e. The van der Waals surface area contributed by atoms with Gasteiger partial charge in [0, 0.05) is 46.9 Å². The molecule has 0 bridgehead atoms. The quantitative estimate of drug-likeness (QED) is 0.106. The van der Waals surface area contributed by atoms with E-state index in [2.05, 4.69) is 92.8 Å². The Kier molecular flexibility index (Phi) is 8.61. The summed E-state index contributed by atoms with van der Waals surface area (Å²) < 4.78 is 6.25. The molecular weight excluding hydrogens is 635 g/mol. The Morgan fingerprint density at radius 1 is 0.980 bits per heavy atom. The molecule has 4 heterocycles. The predicted molar refractivity (Wildman–Crippen MR) is 203 cm³/mol. The molecule has 262 valence electrons. The largest absolute Gasteiger partial charge is 0.494 e. The van der Waals surface area contributed by atoms with Crippen LogP contribution in [0.4, 0.5) is 0 Å². The van der Waals surface area contributed by atoms with Gasteiger partial charge in [-0.15, -0.1) is 0 Å². The first-order chi connectivity index (χ1) is 25.0. The lowest BCUT2D eigenvalue weighted by molar-refractivity contribution is -0.121. The van der Waals surface area contributed by atoms with Crippen LogP contribution in [0.1, 0.15) is 73.8 Å². The van der Waals surface area contributed by atoms with Crippen molar-refractivity contribution in [2.75, 3.05) is 19.7 Å². The number of fused-ring (bicyclic) bond motifs is 3. The number of nitrogens with one attached hydrogen (secondary N) is 5. The summed E-state index contributed by atoms with van der Waals surface area (Å²) in [6.45, 7) is 2.75. The zero-order valence-corrected chi connectivity index (χ0v) is 29.1. The van der Waals surface area contributed by atoms with Crippen molar-refractivity contribution in [3.05, 3.63) is 107 Å². The smallest absolute Gasteiger partial charge is 0.224 e. The van der Waals surface area contributed by atoms with Crippen molar-refractivity contribution < 1.29 is 9.53 Å². The summed E-state index contributed by atoms with van der Waals surface area (Å²) in [4.78, 5) is 16.7. The molecule has 3 fully saturated rings. The van der Waals surface area contributed by atoms with Crippen molar-refractivity contribution in [2.45, 2.75) is 69.9 Å². The van der Waals surface area contributed by atoms with Crippen LogP contribution in [0, 0.1) is 11.8 Å². The molecule has 5 aliphatic rings. The van der Waals surface area contributed by atoms with E-state index in [1.165, 1.54) is 25.7 Å². The average molecular weight is 682 g/mol. The van der Waals surface area contributed by atoms with Gasteiger partial charge in [-0.1, -0.05) is 56.0 Å². The summed E-state index contributed by atoms with van der Waals surface area (Å²) in [5, 5.41) is 19.2. The second-order valence-corrected chi connectivity index (χ2v) is 15.1. The fourth-order valence-corrected chi connectivity index (χ4v) is 8.53. The summed E-state index contributed by atoms with van der Waals surface area (Å²) in [6, 6.07) is 17.5. The molecule has 1 amide bonds. The van der Waals surface area contributed by atoms with Crippen LogP contribution in [0.15, 0.2) is 84.2 Å². The average Bonchev–Trinajstić information content (AvgIpc) is 3.40. The molecule has 3 aliphatic carbocycles.